The Balaban J connectivity index is 1.72. The van der Waals surface area contributed by atoms with Crippen molar-refractivity contribution in [3.05, 3.63) is 115 Å². The molecule has 0 N–H and O–H groups in total. The van der Waals surface area contributed by atoms with E-state index in [0.717, 1.165) is 0 Å². The quantitative estimate of drug-likeness (QED) is 0.359. The summed E-state index contributed by atoms with van der Waals surface area (Å²) in [7, 11) is -0.592. The van der Waals surface area contributed by atoms with Crippen molar-refractivity contribution in [2.24, 2.45) is 0 Å². The minimum Gasteiger partial charge on any atom is -0.0622 e. The van der Waals surface area contributed by atoms with Gasteiger partial charge in [-0.3, -0.25) is 0 Å². The van der Waals surface area contributed by atoms with Gasteiger partial charge in [0.25, 0.3) is 0 Å². The summed E-state index contributed by atoms with van der Waals surface area (Å²) in [5.74, 6) is 0. The zero-order chi connectivity index (χ0) is 18.1. The van der Waals surface area contributed by atoms with Gasteiger partial charge in [-0.05, 0) is 57.5 Å². The van der Waals surface area contributed by atoms with E-state index in [4.69, 9.17) is 0 Å². The van der Waals surface area contributed by atoms with Crippen molar-refractivity contribution in [1.82, 2.24) is 0 Å². The Morgan fingerprint density at radius 3 is 1.30 bits per heavy atom. The minimum atomic E-state index is -0.592. The molecule has 0 heterocycles. The Morgan fingerprint density at radius 2 is 0.778 bits per heavy atom. The predicted molar refractivity (Wildman–Crippen MR) is 120 cm³/mol. The van der Waals surface area contributed by atoms with Crippen molar-refractivity contribution in [2.45, 2.75) is 0 Å². The molecule has 0 nitrogen and oxygen atoms in total. The third kappa shape index (κ3) is 3.14. The van der Waals surface area contributed by atoms with E-state index in [1.807, 2.05) is 0 Å². The van der Waals surface area contributed by atoms with Crippen LogP contribution in [0.2, 0.25) is 0 Å². The summed E-state index contributed by atoms with van der Waals surface area (Å²) in [4.78, 5) is 0. The van der Waals surface area contributed by atoms with E-state index in [9.17, 15) is 0 Å². The van der Waals surface area contributed by atoms with E-state index >= 15 is 0 Å². The summed E-state index contributed by atoms with van der Waals surface area (Å²) in [5.41, 5.74) is 0. The molecule has 0 amide bonds. The fraction of sp³-hybridized carbons (Fsp3) is 0. The molecule has 0 aliphatic carbocycles. The van der Waals surface area contributed by atoms with E-state index in [1.54, 1.807) is 0 Å². The highest BCUT2D eigenvalue weighted by Gasteiger charge is 2.17. The maximum absolute atomic E-state index is 2.36. The van der Waals surface area contributed by atoms with Crippen LogP contribution in [0, 0.1) is 0 Å². The lowest BCUT2D eigenvalue weighted by atomic mass is 10.1. The molecule has 5 rings (SSSR count). The second-order valence-electron chi connectivity index (χ2n) is 6.73. The molecule has 0 bridgehead atoms. The van der Waals surface area contributed by atoms with Gasteiger partial charge in [0.15, 0.2) is 0 Å². The van der Waals surface area contributed by atoms with Gasteiger partial charge in [0.2, 0.25) is 0 Å². The molecule has 0 radical (unpaired) electrons. The molecule has 0 unspecified atom stereocenters. The van der Waals surface area contributed by atoms with Crippen molar-refractivity contribution in [1.29, 1.82) is 0 Å². The highest BCUT2D eigenvalue weighted by molar-refractivity contribution is 7.79. The molecule has 0 aromatic heterocycles. The standard InChI is InChI=1S/C26H19P/c1-2-12-24(13-3-1)27(25-16-14-20-8-4-6-10-22(20)18-25)26-17-15-21-9-5-7-11-23(21)19-26/h1-19H. The van der Waals surface area contributed by atoms with E-state index in [-0.39, 0.29) is 0 Å². The fourth-order valence-corrected chi connectivity index (χ4v) is 6.00. The zero-order valence-corrected chi connectivity index (χ0v) is 15.8. The van der Waals surface area contributed by atoms with Crippen LogP contribution in [0.3, 0.4) is 0 Å². The zero-order valence-electron chi connectivity index (χ0n) is 14.9. The molecular formula is C26H19P. The van der Waals surface area contributed by atoms with Gasteiger partial charge >= 0.3 is 0 Å². The SMILES string of the molecule is c1ccc(P(c2ccc3ccccc3c2)c2ccc3ccccc3c2)cc1. The number of rotatable bonds is 3. The Bertz CT molecular complexity index is 1150. The molecule has 0 saturated carbocycles. The third-order valence-corrected chi connectivity index (χ3v) is 7.40. The van der Waals surface area contributed by atoms with Gasteiger partial charge in [-0.25, -0.2) is 0 Å². The van der Waals surface area contributed by atoms with Gasteiger partial charge < -0.3 is 0 Å². The van der Waals surface area contributed by atoms with Crippen LogP contribution >= 0.6 is 7.92 Å². The molecule has 0 atom stereocenters. The molecule has 0 aliphatic heterocycles. The highest BCUT2D eigenvalue weighted by atomic mass is 31.1. The number of fused-ring (bicyclic) bond motifs is 2. The first-order chi connectivity index (χ1) is 13.4. The molecule has 0 fully saturated rings. The van der Waals surface area contributed by atoms with Gasteiger partial charge in [-0.2, -0.15) is 0 Å². The van der Waals surface area contributed by atoms with Gasteiger partial charge in [-0.15, -0.1) is 0 Å². The van der Waals surface area contributed by atoms with Crippen molar-refractivity contribution in [3.63, 3.8) is 0 Å². The summed E-state index contributed by atoms with van der Waals surface area (Å²) >= 11 is 0. The second kappa shape index (κ2) is 6.99. The van der Waals surface area contributed by atoms with E-state index in [2.05, 4.69) is 115 Å². The molecule has 5 aromatic carbocycles. The lowest BCUT2D eigenvalue weighted by molar-refractivity contribution is 1.75. The Kier molecular flexibility index (Phi) is 4.20. The third-order valence-electron chi connectivity index (χ3n) is 5.00. The lowest BCUT2D eigenvalue weighted by Crippen LogP contribution is -2.20. The van der Waals surface area contributed by atoms with E-state index in [0.29, 0.717) is 0 Å². The molecule has 27 heavy (non-hydrogen) atoms. The molecule has 0 aliphatic rings. The van der Waals surface area contributed by atoms with Crippen LogP contribution in [-0.4, -0.2) is 0 Å². The number of hydrogen-bond donors (Lipinski definition) is 0. The lowest BCUT2D eigenvalue weighted by Gasteiger charge is -2.20. The topological polar surface area (TPSA) is 0 Å². The average molecular weight is 362 g/mol. The Labute approximate surface area is 160 Å². The second-order valence-corrected chi connectivity index (χ2v) is 8.95. The van der Waals surface area contributed by atoms with Crippen molar-refractivity contribution in [2.75, 3.05) is 0 Å². The number of benzene rings is 5. The molecule has 0 spiro atoms. The van der Waals surface area contributed by atoms with Crippen LogP contribution in [0.15, 0.2) is 115 Å². The molecule has 128 valence electrons. The minimum absolute atomic E-state index is 0.592. The van der Waals surface area contributed by atoms with Crippen LogP contribution < -0.4 is 15.9 Å². The normalized spacial score (nSPS) is 11.3. The molecule has 5 aromatic rings. The van der Waals surface area contributed by atoms with Crippen LogP contribution in [-0.2, 0) is 0 Å². The number of hydrogen-bond acceptors (Lipinski definition) is 0. The summed E-state index contributed by atoms with van der Waals surface area (Å²) in [6, 6.07) is 42.0. The molecule has 1 heteroatoms. The smallest absolute Gasteiger partial charge is 0.0134 e. The van der Waals surface area contributed by atoms with Crippen LogP contribution in [0.4, 0.5) is 0 Å². The summed E-state index contributed by atoms with van der Waals surface area (Å²) in [5, 5.41) is 9.37. The Hall–Kier alpha value is -2.95. The predicted octanol–water partition coefficient (Wildman–Crippen LogP) is 5.75. The average Bonchev–Trinajstić information content (AvgIpc) is 2.74. The maximum Gasteiger partial charge on any atom is -0.0134 e. The van der Waals surface area contributed by atoms with Crippen molar-refractivity contribution in [3.8, 4) is 0 Å². The van der Waals surface area contributed by atoms with Gasteiger partial charge in [0, 0.05) is 0 Å². The van der Waals surface area contributed by atoms with Gasteiger partial charge in [-0.1, -0.05) is 103 Å². The first kappa shape index (κ1) is 16.2. The van der Waals surface area contributed by atoms with Crippen LogP contribution in [0.5, 0.6) is 0 Å². The Morgan fingerprint density at radius 1 is 0.333 bits per heavy atom. The van der Waals surface area contributed by atoms with Crippen LogP contribution in [0.25, 0.3) is 21.5 Å². The van der Waals surface area contributed by atoms with Crippen LogP contribution in [0.1, 0.15) is 0 Å². The summed E-state index contributed by atoms with van der Waals surface area (Å²) in [6.07, 6.45) is 0. The maximum atomic E-state index is 2.36. The summed E-state index contributed by atoms with van der Waals surface area (Å²) < 4.78 is 0. The summed E-state index contributed by atoms with van der Waals surface area (Å²) in [6.45, 7) is 0. The fourth-order valence-electron chi connectivity index (χ4n) is 3.66. The molecule has 0 saturated heterocycles. The van der Waals surface area contributed by atoms with Crippen molar-refractivity contribution >= 4 is 45.4 Å². The monoisotopic (exact) mass is 362 g/mol. The van der Waals surface area contributed by atoms with Gasteiger partial charge in [0.05, 0.1) is 0 Å². The first-order valence-electron chi connectivity index (χ1n) is 9.21. The van der Waals surface area contributed by atoms with Gasteiger partial charge in [0.1, 0.15) is 0 Å². The molecular weight excluding hydrogens is 343 g/mol. The van der Waals surface area contributed by atoms with E-state index < -0.39 is 7.92 Å². The largest absolute Gasteiger partial charge is 0.0622 e. The first-order valence-corrected chi connectivity index (χ1v) is 10.6. The van der Waals surface area contributed by atoms with E-state index in [1.165, 1.54) is 37.5 Å². The highest BCUT2D eigenvalue weighted by Crippen LogP contribution is 2.34. The van der Waals surface area contributed by atoms with Crippen molar-refractivity contribution < 1.29 is 0 Å².